The number of fused-ring (bicyclic) bond motifs is 2. The first-order chi connectivity index (χ1) is 23.8. The lowest BCUT2D eigenvalue weighted by molar-refractivity contribution is -0.137. The van der Waals surface area contributed by atoms with Gasteiger partial charge in [0.2, 0.25) is 5.88 Å². The van der Waals surface area contributed by atoms with Crippen LogP contribution in [0.15, 0.2) is 24.5 Å². The number of nitrogens with two attached hydrogens (primary N) is 1. The van der Waals surface area contributed by atoms with Crippen LogP contribution in [0.4, 0.5) is 38.0 Å². The second-order valence-electron chi connectivity index (χ2n) is 13.1. The van der Waals surface area contributed by atoms with E-state index in [0.29, 0.717) is 18.5 Å². The number of nitrogens with one attached hydrogen (secondary N) is 1. The van der Waals surface area contributed by atoms with Gasteiger partial charge in [-0.3, -0.25) is 10.00 Å². The first-order valence-corrected chi connectivity index (χ1v) is 16.1. The van der Waals surface area contributed by atoms with Gasteiger partial charge in [-0.15, -0.1) is 0 Å². The Hall–Kier alpha value is -4.93. The summed E-state index contributed by atoms with van der Waals surface area (Å²) in [5.41, 5.74) is 3.25. The van der Waals surface area contributed by atoms with Crippen LogP contribution in [0.25, 0.3) is 33.1 Å². The van der Waals surface area contributed by atoms with Gasteiger partial charge in [-0.25, -0.2) is 23.1 Å². The molecule has 7 heterocycles. The van der Waals surface area contributed by atoms with E-state index in [1.165, 1.54) is 25.3 Å². The standard InChI is InChI=1S/C33H31F6N9O2/c1-15-8-21-20(12-42-46-21)22(24(15)33(37,38)39)26-25(36)27-23-29(45-31(44-27)50-14-32-4-3-5-47(32)13-18(35)10-32)48(6-7-49-30(23)43-26)16(2)19-9-17(34)11-41-28(19)40/h8-9,11-12,16,18H,3-7,10,13-14H2,1-2H3,(H2,40,41)(H,42,46)/t16-,18?,32-/m0/s1. The fourth-order valence-corrected chi connectivity index (χ4v) is 7.82. The monoisotopic (exact) mass is 699 g/mol. The molecular formula is C33H31F6N9O2. The fourth-order valence-electron chi connectivity index (χ4n) is 7.82. The highest BCUT2D eigenvalue weighted by atomic mass is 19.4. The van der Waals surface area contributed by atoms with Crippen molar-refractivity contribution in [1.82, 2.24) is 35.0 Å². The van der Waals surface area contributed by atoms with Crippen molar-refractivity contribution in [3.8, 4) is 23.1 Å². The van der Waals surface area contributed by atoms with E-state index in [9.17, 15) is 22.0 Å². The molecule has 4 aromatic heterocycles. The Morgan fingerprint density at radius 1 is 1.16 bits per heavy atom. The predicted molar refractivity (Wildman–Crippen MR) is 171 cm³/mol. The van der Waals surface area contributed by atoms with E-state index < -0.39 is 57.9 Å². The molecule has 0 spiro atoms. The topological polar surface area (TPSA) is 131 Å². The van der Waals surface area contributed by atoms with Crippen LogP contribution in [0.5, 0.6) is 11.9 Å². The molecule has 3 aliphatic rings. The number of nitrogens with zero attached hydrogens (tertiary/aromatic N) is 7. The summed E-state index contributed by atoms with van der Waals surface area (Å²) in [6, 6.07) is 1.53. The van der Waals surface area contributed by atoms with Crippen molar-refractivity contribution in [1.29, 1.82) is 0 Å². The number of nitrogen functional groups attached to an aromatic ring is 1. The van der Waals surface area contributed by atoms with Gasteiger partial charge < -0.3 is 20.1 Å². The molecule has 3 N–H and O–H groups in total. The normalized spacial score (nSPS) is 21.4. The van der Waals surface area contributed by atoms with Crippen LogP contribution in [-0.2, 0) is 6.18 Å². The summed E-state index contributed by atoms with van der Waals surface area (Å²) in [5.74, 6) is -1.88. The molecule has 0 bridgehead atoms. The number of rotatable bonds is 6. The SMILES string of the molecule is Cc1cc2[nH]ncc2c(-c2nc3c4c(nc(OC[C@@]56CCCN5CC(F)C6)nc4c2F)N([C@@H](C)c2cc(F)cnc2N)CCO3)c1C(F)(F)F. The van der Waals surface area contributed by atoms with Gasteiger partial charge in [0.05, 0.1) is 41.6 Å². The van der Waals surface area contributed by atoms with Crippen LogP contribution in [0.2, 0.25) is 0 Å². The summed E-state index contributed by atoms with van der Waals surface area (Å²) in [6.45, 7) is 4.00. The van der Waals surface area contributed by atoms with Gasteiger partial charge in [-0.2, -0.15) is 28.2 Å². The third-order valence-electron chi connectivity index (χ3n) is 10.1. The number of hydrogen-bond donors (Lipinski definition) is 2. The Labute approximate surface area is 280 Å². The number of aromatic amines is 1. The highest BCUT2D eigenvalue weighted by Crippen LogP contribution is 2.47. The zero-order valence-corrected chi connectivity index (χ0v) is 26.9. The van der Waals surface area contributed by atoms with Crippen molar-refractivity contribution in [3.63, 3.8) is 0 Å². The highest BCUT2D eigenvalue weighted by Gasteiger charge is 2.49. The Morgan fingerprint density at radius 2 is 1.98 bits per heavy atom. The summed E-state index contributed by atoms with van der Waals surface area (Å²) in [7, 11) is 0. The van der Waals surface area contributed by atoms with Crippen molar-refractivity contribution in [2.75, 3.05) is 43.5 Å². The van der Waals surface area contributed by atoms with E-state index >= 15 is 4.39 Å². The minimum Gasteiger partial charge on any atom is -0.475 e. The Balaban J connectivity index is 1.35. The average Bonchev–Trinajstić information content (AvgIpc) is 3.73. The van der Waals surface area contributed by atoms with E-state index in [2.05, 4.69) is 30.1 Å². The highest BCUT2D eigenvalue weighted by molar-refractivity contribution is 6.02. The van der Waals surface area contributed by atoms with Crippen LogP contribution in [0.3, 0.4) is 0 Å². The summed E-state index contributed by atoms with van der Waals surface area (Å²) in [5, 5.41) is 6.53. The Bertz CT molecular complexity index is 2160. The molecule has 0 radical (unpaired) electrons. The molecule has 262 valence electrons. The number of anilines is 2. The summed E-state index contributed by atoms with van der Waals surface area (Å²) < 4.78 is 102. The summed E-state index contributed by atoms with van der Waals surface area (Å²) in [6.07, 6.45) is -1.99. The minimum atomic E-state index is -4.89. The molecule has 3 atom stereocenters. The Kier molecular flexibility index (Phi) is 7.47. The van der Waals surface area contributed by atoms with Crippen LogP contribution in [0, 0.1) is 18.6 Å². The van der Waals surface area contributed by atoms with Gasteiger partial charge in [-0.1, -0.05) is 0 Å². The maximum atomic E-state index is 17.1. The van der Waals surface area contributed by atoms with Crippen LogP contribution in [-0.4, -0.2) is 79.6 Å². The van der Waals surface area contributed by atoms with E-state index in [0.717, 1.165) is 12.6 Å². The molecule has 5 aromatic rings. The molecule has 2 saturated heterocycles. The lowest BCUT2D eigenvalue weighted by atomic mass is 9.94. The third-order valence-corrected chi connectivity index (χ3v) is 10.1. The van der Waals surface area contributed by atoms with E-state index in [-0.39, 0.29) is 78.1 Å². The molecule has 8 rings (SSSR count). The maximum Gasteiger partial charge on any atom is 0.417 e. The summed E-state index contributed by atoms with van der Waals surface area (Å²) in [4.78, 5) is 21.1. The quantitative estimate of drug-likeness (QED) is 0.202. The summed E-state index contributed by atoms with van der Waals surface area (Å²) >= 11 is 0. The van der Waals surface area contributed by atoms with E-state index in [1.807, 2.05) is 4.90 Å². The molecule has 2 fully saturated rings. The van der Waals surface area contributed by atoms with E-state index in [1.54, 1.807) is 11.8 Å². The second-order valence-corrected chi connectivity index (χ2v) is 13.1. The first-order valence-electron chi connectivity index (χ1n) is 16.1. The predicted octanol–water partition coefficient (Wildman–Crippen LogP) is 6.07. The molecule has 50 heavy (non-hydrogen) atoms. The molecule has 17 heteroatoms. The van der Waals surface area contributed by atoms with Crippen molar-refractivity contribution >= 4 is 33.4 Å². The number of aromatic nitrogens is 6. The number of pyridine rings is 2. The number of alkyl halides is 4. The van der Waals surface area contributed by atoms with Gasteiger partial charge in [-0.05, 0) is 50.9 Å². The number of aryl methyl sites for hydroxylation is 1. The van der Waals surface area contributed by atoms with Crippen molar-refractivity contribution in [2.45, 2.75) is 57.0 Å². The van der Waals surface area contributed by atoms with Crippen molar-refractivity contribution < 1.29 is 35.8 Å². The number of halogens is 6. The smallest absolute Gasteiger partial charge is 0.417 e. The fraction of sp³-hybridized carbons (Fsp3) is 0.424. The molecular weight excluding hydrogens is 668 g/mol. The first kappa shape index (κ1) is 32.3. The number of ether oxygens (including phenoxy) is 2. The van der Waals surface area contributed by atoms with Crippen LogP contribution < -0.4 is 20.1 Å². The van der Waals surface area contributed by atoms with Crippen molar-refractivity contribution in [2.24, 2.45) is 0 Å². The minimum absolute atomic E-state index is 0.00332. The Morgan fingerprint density at radius 3 is 2.78 bits per heavy atom. The number of hydrogen-bond acceptors (Lipinski definition) is 10. The number of benzene rings is 1. The van der Waals surface area contributed by atoms with Gasteiger partial charge in [0.1, 0.15) is 53.4 Å². The second kappa shape index (κ2) is 11.6. The maximum absolute atomic E-state index is 17.1. The number of H-pyrrole nitrogens is 1. The van der Waals surface area contributed by atoms with Crippen LogP contribution in [0.1, 0.15) is 48.9 Å². The molecule has 1 aromatic carbocycles. The van der Waals surface area contributed by atoms with Crippen LogP contribution >= 0.6 is 0 Å². The van der Waals surface area contributed by atoms with Gasteiger partial charge in [0.25, 0.3) is 0 Å². The third kappa shape index (κ3) is 5.12. The van der Waals surface area contributed by atoms with Gasteiger partial charge >= 0.3 is 12.2 Å². The molecule has 0 saturated carbocycles. The van der Waals surface area contributed by atoms with Crippen molar-refractivity contribution in [3.05, 3.63) is 52.9 Å². The lowest BCUT2D eigenvalue weighted by Crippen LogP contribution is -2.43. The van der Waals surface area contributed by atoms with E-state index in [4.69, 9.17) is 15.2 Å². The molecule has 1 unspecified atom stereocenters. The molecule has 0 aliphatic carbocycles. The average molecular weight is 700 g/mol. The largest absolute Gasteiger partial charge is 0.475 e. The zero-order chi connectivity index (χ0) is 35.1. The molecule has 11 nitrogen and oxygen atoms in total. The van der Waals surface area contributed by atoms with Gasteiger partial charge in [0.15, 0.2) is 5.82 Å². The van der Waals surface area contributed by atoms with Gasteiger partial charge in [0, 0.05) is 29.5 Å². The molecule has 3 aliphatic heterocycles. The molecule has 0 amide bonds. The lowest BCUT2D eigenvalue weighted by Gasteiger charge is -2.32. The zero-order valence-electron chi connectivity index (χ0n) is 26.9.